The summed E-state index contributed by atoms with van der Waals surface area (Å²) in [4.78, 5) is 6.29. The van der Waals surface area contributed by atoms with Gasteiger partial charge in [-0.1, -0.05) is 24.3 Å². The van der Waals surface area contributed by atoms with E-state index in [2.05, 4.69) is 30.7 Å². The first-order chi connectivity index (χ1) is 17.7. The molecule has 0 aliphatic heterocycles. The van der Waals surface area contributed by atoms with Crippen molar-refractivity contribution in [2.75, 3.05) is 24.3 Å². The summed E-state index contributed by atoms with van der Waals surface area (Å²) in [6.07, 6.45) is -1.63. The van der Waals surface area contributed by atoms with E-state index < -0.39 is 6.36 Å². The van der Waals surface area contributed by atoms with E-state index in [1.807, 2.05) is 67.5 Å². The molecule has 1 heterocycles. The zero-order chi connectivity index (χ0) is 26.4. The van der Waals surface area contributed by atoms with Crippen molar-refractivity contribution in [3.8, 4) is 22.8 Å². The third-order valence-electron chi connectivity index (χ3n) is 5.02. The van der Waals surface area contributed by atoms with E-state index in [0.29, 0.717) is 16.6 Å². The van der Waals surface area contributed by atoms with Gasteiger partial charge in [-0.25, -0.2) is 9.67 Å². The number of hydrogen-bond donors (Lipinski definition) is 2. The second-order valence-corrected chi connectivity index (χ2v) is 8.35. The van der Waals surface area contributed by atoms with Crippen molar-refractivity contribution < 1.29 is 17.9 Å². The monoisotopic (exact) mass is 525 g/mol. The van der Waals surface area contributed by atoms with Crippen LogP contribution in [0.4, 0.5) is 24.5 Å². The molecule has 1 aromatic heterocycles. The summed E-state index contributed by atoms with van der Waals surface area (Å²) in [6.45, 7) is 0. The zero-order valence-electron chi connectivity index (χ0n) is 19.8. The molecule has 0 fully saturated rings. The molecule has 0 spiro atoms. The number of anilines is 2. The lowest BCUT2D eigenvalue weighted by atomic mass is 10.1. The first-order valence-electron chi connectivity index (χ1n) is 10.9. The third kappa shape index (κ3) is 7.27. The number of halogens is 3. The SMILES string of the molecule is CN(C)c1ccc(NC(=S)NN=Cc2ccc(-c3ncn(-c4ccc(OC(F)(F)F)cc4)n3)cc2)cc1. The quantitative estimate of drug-likeness (QED) is 0.195. The van der Waals surface area contributed by atoms with Gasteiger partial charge in [-0.2, -0.15) is 5.10 Å². The Hall–Kier alpha value is -4.45. The molecule has 0 amide bonds. The first-order valence-corrected chi connectivity index (χ1v) is 11.3. The maximum Gasteiger partial charge on any atom is 0.573 e. The number of ether oxygens (including phenoxy) is 1. The molecule has 0 radical (unpaired) electrons. The van der Waals surface area contributed by atoms with Crippen molar-refractivity contribution in [3.05, 3.63) is 84.7 Å². The molecule has 190 valence electrons. The maximum atomic E-state index is 12.3. The van der Waals surface area contributed by atoms with E-state index >= 15 is 0 Å². The Bertz CT molecular complexity index is 1370. The molecule has 0 bridgehead atoms. The smallest absolute Gasteiger partial charge is 0.406 e. The van der Waals surface area contributed by atoms with Gasteiger partial charge in [0.15, 0.2) is 10.9 Å². The van der Waals surface area contributed by atoms with E-state index in [0.717, 1.165) is 22.5 Å². The Labute approximate surface area is 216 Å². The number of hydrogen-bond acceptors (Lipinski definition) is 6. The van der Waals surface area contributed by atoms with Gasteiger partial charge in [0.25, 0.3) is 0 Å². The minimum absolute atomic E-state index is 0.307. The number of hydrazone groups is 1. The summed E-state index contributed by atoms with van der Waals surface area (Å²) in [7, 11) is 3.95. The van der Waals surface area contributed by atoms with Gasteiger partial charge in [0.1, 0.15) is 12.1 Å². The molecule has 3 aromatic carbocycles. The molecule has 0 unspecified atom stereocenters. The number of nitrogens with one attached hydrogen (secondary N) is 2. The van der Waals surface area contributed by atoms with E-state index in [4.69, 9.17) is 12.2 Å². The first kappa shape index (κ1) is 25.6. The van der Waals surface area contributed by atoms with Crippen molar-refractivity contribution >= 4 is 34.9 Å². The molecule has 0 atom stereocenters. The third-order valence-corrected chi connectivity index (χ3v) is 5.21. The summed E-state index contributed by atoms with van der Waals surface area (Å²) < 4.78 is 42.3. The topological polar surface area (TPSA) is 79.6 Å². The Kier molecular flexibility index (Phi) is 7.68. The summed E-state index contributed by atoms with van der Waals surface area (Å²) in [6, 6.07) is 20.6. The van der Waals surface area contributed by atoms with Crippen LogP contribution in [-0.4, -0.2) is 46.5 Å². The highest BCUT2D eigenvalue weighted by Crippen LogP contribution is 2.24. The van der Waals surface area contributed by atoms with Crippen LogP contribution in [0, 0.1) is 0 Å². The van der Waals surface area contributed by atoms with Crippen LogP contribution in [0.5, 0.6) is 5.75 Å². The minimum Gasteiger partial charge on any atom is -0.406 e. The number of benzene rings is 3. The van der Waals surface area contributed by atoms with Gasteiger partial charge in [0.05, 0.1) is 11.9 Å². The Balaban J connectivity index is 1.32. The molecule has 4 rings (SSSR count). The number of aromatic nitrogens is 3. The largest absolute Gasteiger partial charge is 0.573 e. The second-order valence-electron chi connectivity index (χ2n) is 7.94. The highest BCUT2D eigenvalue weighted by atomic mass is 32.1. The summed E-state index contributed by atoms with van der Waals surface area (Å²) in [5.41, 5.74) is 6.85. The molecule has 12 heteroatoms. The molecular formula is C25H22F3N7OS. The summed E-state index contributed by atoms with van der Waals surface area (Å²) >= 11 is 5.27. The normalized spacial score (nSPS) is 11.4. The highest BCUT2D eigenvalue weighted by molar-refractivity contribution is 7.80. The average molecular weight is 526 g/mol. The van der Waals surface area contributed by atoms with Crippen LogP contribution in [0.1, 0.15) is 5.56 Å². The van der Waals surface area contributed by atoms with E-state index in [-0.39, 0.29) is 5.75 Å². The number of thiocarbonyl (C=S) groups is 1. The fraction of sp³-hybridized carbons (Fsp3) is 0.120. The van der Waals surface area contributed by atoms with Crippen molar-refractivity contribution in [2.45, 2.75) is 6.36 Å². The van der Waals surface area contributed by atoms with E-state index in [1.54, 1.807) is 6.21 Å². The average Bonchev–Trinajstić information content (AvgIpc) is 3.35. The van der Waals surface area contributed by atoms with Crippen LogP contribution in [0.25, 0.3) is 17.1 Å². The molecule has 0 saturated carbocycles. The summed E-state index contributed by atoms with van der Waals surface area (Å²) in [5.74, 6) is 0.154. The highest BCUT2D eigenvalue weighted by Gasteiger charge is 2.31. The van der Waals surface area contributed by atoms with Gasteiger partial charge in [-0.3, -0.25) is 5.43 Å². The summed E-state index contributed by atoms with van der Waals surface area (Å²) in [5, 5.41) is 12.0. The zero-order valence-corrected chi connectivity index (χ0v) is 20.6. The van der Waals surface area contributed by atoms with Crippen molar-refractivity contribution in [3.63, 3.8) is 0 Å². The Morgan fingerprint density at radius 1 is 1.00 bits per heavy atom. The van der Waals surface area contributed by atoms with Crippen molar-refractivity contribution in [2.24, 2.45) is 5.10 Å². The molecular weight excluding hydrogens is 503 g/mol. The lowest BCUT2D eigenvalue weighted by Gasteiger charge is -2.13. The molecule has 0 aliphatic rings. The van der Waals surface area contributed by atoms with E-state index in [9.17, 15) is 13.2 Å². The van der Waals surface area contributed by atoms with Crippen molar-refractivity contribution in [1.29, 1.82) is 0 Å². The van der Waals surface area contributed by atoms with Crippen LogP contribution in [0.3, 0.4) is 0 Å². The predicted molar refractivity (Wildman–Crippen MR) is 141 cm³/mol. The Morgan fingerprint density at radius 3 is 2.30 bits per heavy atom. The van der Waals surface area contributed by atoms with Crippen LogP contribution in [0.15, 0.2) is 84.2 Å². The predicted octanol–water partition coefficient (Wildman–Crippen LogP) is 5.22. The molecule has 2 N–H and O–H groups in total. The van der Waals surface area contributed by atoms with Crippen molar-refractivity contribution in [1.82, 2.24) is 20.2 Å². The van der Waals surface area contributed by atoms with Crippen LogP contribution in [-0.2, 0) is 0 Å². The minimum atomic E-state index is -4.74. The fourth-order valence-corrected chi connectivity index (χ4v) is 3.38. The lowest BCUT2D eigenvalue weighted by molar-refractivity contribution is -0.274. The molecule has 8 nitrogen and oxygen atoms in total. The molecule has 0 saturated heterocycles. The van der Waals surface area contributed by atoms with Gasteiger partial charge < -0.3 is 15.0 Å². The van der Waals surface area contributed by atoms with Gasteiger partial charge >= 0.3 is 6.36 Å². The number of rotatable bonds is 7. The van der Waals surface area contributed by atoms with Gasteiger partial charge in [-0.15, -0.1) is 18.3 Å². The maximum absolute atomic E-state index is 12.3. The van der Waals surface area contributed by atoms with Gasteiger partial charge in [-0.05, 0) is 66.3 Å². The molecule has 4 aromatic rings. The van der Waals surface area contributed by atoms with Crippen LogP contribution in [0.2, 0.25) is 0 Å². The fourth-order valence-electron chi connectivity index (χ4n) is 3.21. The van der Waals surface area contributed by atoms with Gasteiger partial charge in [0.2, 0.25) is 0 Å². The van der Waals surface area contributed by atoms with Gasteiger partial charge in [0, 0.05) is 31.0 Å². The van der Waals surface area contributed by atoms with Crippen LogP contribution < -0.4 is 20.4 Å². The lowest BCUT2D eigenvalue weighted by Crippen LogP contribution is -2.23. The van der Waals surface area contributed by atoms with Crippen LogP contribution >= 0.6 is 12.2 Å². The number of nitrogens with zero attached hydrogens (tertiary/aromatic N) is 5. The molecule has 37 heavy (non-hydrogen) atoms. The molecule has 0 aliphatic carbocycles. The Morgan fingerprint density at radius 2 is 1.68 bits per heavy atom. The van der Waals surface area contributed by atoms with E-state index in [1.165, 1.54) is 35.3 Å². The number of alkyl halides is 3. The second kappa shape index (κ2) is 11.1. The standard InChI is InChI=1S/C25H22F3N7OS/c1-34(2)20-9-7-19(8-10-20)31-24(37)32-30-15-17-3-5-18(6-4-17)23-29-16-35(33-23)21-11-13-22(14-12-21)36-25(26,27)28/h3-16H,1-2H3,(H2,31,32,37).